The summed E-state index contributed by atoms with van der Waals surface area (Å²) in [4.78, 5) is 66.5. The third-order valence-electron chi connectivity index (χ3n) is 4.06. The van der Waals surface area contributed by atoms with Crippen molar-refractivity contribution >= 4 is 35.6 Å². The summed E-state index contributed by atoms with van der Waals surface area (Å²) in [5, 5.41) is 26.5. The summed E-state index contributed by atoms with van der Waals surface area (Å²) in [7, 11) is 0. The SMILES string of the molecule is O=C(O)C(=O)NCCCCC1NC(=O)C(CCCCNC(=O)C(=O)O)NC1=O. The highest BCUT2D eigenvalue weighted by Crippen LogP contribution is 2.10. The van der Waals surface area contributed by atoms with Gasteiger partial charge in [-0.1, -0.05) is 0 Å². The van der Waals surface area contributed by atoms with Crippen LogP contribution < -0.4 is 21.3 Å². The molecule has 0 radical (unpaired) electrons. The van der Waals surface area contributed by atoms with Gasteiger partial charge in [0.2, 0.25) is 11.8 Å². The Balaban J connectivity index is 2.21. The summed E-state index contributed by atoms with van der Waals surface area (Å²) in [6.45, 7) is 0.322. The Labute approximate surface area is 160 Å². The van der Waals surface area contributed by atoms with Gasteiger partial charge >= 0.3 is 23.8 Å². The minimum atomic E-state index is -1.56. The van der Waals surface area contributed by atoms with Gasteiger partial charge in [-0.2, -0.15) is 0 Å². The van der Waals surface area contributed by atoms with Gasteiger partial charge in [-0.25, -0.2) is 9.59 Å². The lowest BCUT2D eigenvalue weighted by atomic mass is 10.0. The van der Waals surface area contributed by atoms with Gasteiger partial charge < -0.3 is 31.5 Å². The highest BCUT2D eigenvalue weighted by molar-refractivity contribution is 6.31. The molecule has 1 aliphatic rings. The van der Waals surface area contributed by atoms with Crippen molar-refractivity contribution in [2.24, 2.45) is 0 Å². The average molecular weight is 400 g/mol. The van der Waals surface area contributed by atoms with Crippen LogP contribution >= 0.6 is 0 Å². The number of carboxylic acid groups (broad SMARTS) is 2. The molecule has 0 aliphatic carbocycles. The molecule has 1 saturated heterocycles. The van der Waals surface area contributed by atoms with Crippen LogP contribution in [-0.2, 0) is 28.8 Å². The van der Waals surface area contributed by atoms with Crippen LogP contribution in [0.15, 0.2) is 0 Å². The second kappa shape index (κ2) is 11.5. The number of hydrogen-bond acceptors (Lipinski definition) is 6. The Morgan fingerprint density at radius 1 is 0.714 bits per heavy atom. The number of unbranched alkanes of at least 4 members (excludes halogenated alkanes) is 2. The average Bonchev–Trinajstić information content (AvgIpc) is 2.63. The molecular weight excluding hydrogens is 376 g/mol. The fourth-order valence-electron chi connectivity index (χ4n) is 2.58. The van der Waals surface area contributed by atoms with E-state index >= 15 is 0 Å². The van der Waals surface area contributed by atoms with Gasteiger partial charge in [-0.05, 0) is 38.5 Å². The van der Waals surface area contributed by atoms with Crippen molar-refractivity contribution in [3.05, 3.63) is 0 Å². The highest BCUT2D eigenvalue weighted by atomic mass is 16.4. The molecule has 28 heavy (non-hydrogen) atoms. The first kappa shape index (κ1) is 22.9. The molecule has 0 aromatic heterocycles. The van der Waals surface area contributed by atoms with Crippen LogP contribution in [0.25, 0.3) is 0 Å². The maximum atomic E-state index is 12.1. The molecule has 0 aromatic carbocycles. The van der Waals surface area contributed by atoms with Crippen LogP contribution in [0, 0.1) is 0 Å². The summed E-state index contributed by atoms with van der Waals surface area (Å²) in [6, 6.07) is -1.37. The van der Waals surface area contributed by atoms with Gasteiger partial charge in [0.1, 0.15) is 12.1 Å². The first-order valence-electron chi connectivity index (χ1n) is 8.85. The Morgan fingerprint density at radius 2 is 1.07 bits per heavy atom. The third kappa shape index (κ3) is 8.01. The highest BCUT2D eigenvalue weighted by Gasteiger charge is 2.32. The van der Waals surface area contributed by atoms with E-state index in [9.17, 15) is 28.8 Å². The fourth-order valence-corrected chi connectivity index (χ4v) is 2.58. The first-order valence-corrected chi connectivity index (χ1v) is 8.85. The van der Waals surface area contributed by atoms with Gasteiger partial charge in [0.05, 0.1) is 0 Å². The van der Waals surface area contributed by atoms with E-state index in [1.165, 1.54) is 0 Å². The van der Waals surface area contributed by atoms with Crippen molar-refractivity contribution in [1.82, 2.24) is 21.3 Å². The van der Waals surface area contributed by atoms with E-state index in [-0.39, 0.29) is 24.9 Å². The van der Waals surface area contributed by atoms with Crippen LogP contribution in [0.5, 0.6) is 0 Å². The zero-order valence-electron chi connectivity index (χ0n) is 15.2. The number of carboxylic acids is 2. The van der Waals surface area contributed by atoms with E-state index in [1.54, 1.807) is 0 Å². The molecule has 0 spiro atoms. The van der Waals surface area contributed by atoms with Crippen molar-refractivity contribution in [2.75, 3.05) is 13.1 Å². The van der Waals surface area contributed by atoms with Crippen molar-refractivity contribution in [3.8, 4) is 0 Å². The Bertz CT molecular complexity index is 582. The lowest BCUT2D eigenvalue weighted by molar-refractivity contribution is -0.150. The van der Waals surface area contributed by atoms with Gasteiger partial charge in [0.25, 0.3) is 0 Å². The minimum absolute atomic E-state index is 0.161. The molecular formula is C16H24N4O8. The number of carbonyl (C=O) groups is 6. The molecule has 2 unspecified atom stereocenters. The smallest absolute Gasteiger partial charge is 0.394 e. The number of aliphatic carboxylic acids is 2. The molecule has 6 N–H and O–H groups in total. The monoisotopic (exact) mass is 400 g/mol. The first-order chi connectivity index (χ1) is 13.2. The topological polar surface area (TPSA) is 191 Å². The predicted octanol–water partition coefficient (Wildman–Crippen LogP) is -2.29. The normalized spacial score (nSPS) is 18.6. The van der Waals surface area contributed by atoms with Crippen molar-refractivity contribution < 1.29 is 39.0 Å². The van der Waals surface area contributed by atoms with Gasteiger partial charge in [-0.15, -0.1) is 0 Å². The summed E-state index contributed by atoms with van der Waals surface area (Å²) in [5.74, 6) is -5.94. The Hall–Kier alpha value is -3.18. The summed E-state index contributed by atoms with van der Waals surface area (Å²) in [6.07, 6.45) is 2.65. The fraction of sp³-hybridized carbons (Fsp3) is 0.625. The zero-order chi connectivity index (χ0) is 21.1. The lowest BCUT2D eigenvalue weighted by Crippen LogP contribution is -2.61. The molecule has 1 rings (SSSR count). The number of hydrogen-bond donors (Lipinski definition) is 6. The molecule has 0 saturated carbocycles. The van der Waals surface area contributed by atoms with Crippen LogP contribution in [-0.4, -0.2) is 71.0 Å². The molecule has 1 fully saturated rings. The molecule has 2 atom stereocenters. The zero-order valence-corrected chi connectivity index (χ0v) is 15.2. The summed E-state index contributed by atoms with van der Waals surface area (Å²) in [5.41, 5.74) is 0. The van der Waals surface area contributed by atoms with E-state index in [1.807, 2.05) is 0 Å². The van der Waals surface area contributed by atoms with E-state index in [2.05, 4.69) is 21.3 Å². The van der Waals surface area contributed by atoms with Crippen LogP contribution in [0.2, 0.25) is 0 Å². The van der Waals surface area contributed by atoms with Crippen molar-refractivity contribution in [1.29, 1.82) is 0 Å². The van der Waals surface area contributed by atoms with Crippen molar-refractivity contribution in [3.63, 3.8) is 0 Å². The predicted molar refractivity (Wildman–Crippen MR) is 92.9 cm³/mol. The third-order valence-corrected chi connectivity index (χ3v) is 4.06. The lowest BCUT2D eigenvalue weighted by Gasteiger charge is -2.29. The second-order valence-corrected chi connectivity index (χ2v) is 6.24. The molecule has 156 valence electrons. The minimum Gasteiger partial charge on any atom is -0.474 e. The standard InChI is InChI=1S/C16H24N4O8/c21-11-9(5-1-3-7-17-13(23)15(25)26)19-12(22)10(20-11)6-2-4-8-18-14(24)16(27)28/h9-10H,1-8H2,(H,17,23)(H,18,24)(H,19,22)(H,20,21)(H,25,26)(H,27,28). The molecule has 4 amide bonds. The summed E-state index contributed by atoms with van der Waals surface area (Å²) >= 11 is 0. The van der Waals surface area contributed by atoms with Gasteiger partial charge in [0, 0.05) is 13.1 Å². The van der Waals surface area contributed by atoms with Crippen LogP contribution in [0.1, 0.15) is 38.5 Å². The quantitative estimate of drug-likeness (QED) is 0.174. The van der Waals surface area contributed by atoms with Crippen LogP contribution in [0.4, 0.5) is 0 Å². The molecule has 12 heteroatoms. The molecule has 0 bridgehead atoms. The van der Waals surface area contributed by atoms with E-state index < -0.39 is 35.8 Å². The van der Waals surface area contributed by atoms with Crippen molar-refractivity contribution in [2.45, 2.75) is 50.6 Å². The molecule has 1 heterocycles. The molecule has 0 aromatic rings. The van der Waals surface area contributed by atoms with E-state index in [0.717, 1.165) is 0 Å². The molecule has 1 aliphatic heterocycles. The number of amides is 4. The number of rotatable bonds is 10. The van der Waals surface area contributed by atoms with Gasteiger partial charge in [-0.3, -0.25) is 19.2 Å². The van der Waals surface area contributed by atoms with E-state index in [4.69, 9.17) is 10.2 Å². The number of nitrogens with one attached hydrogen (secondary N) is 4. The summed E-state index contributed by atoms with van der Waals surface area (Å²) < 4.78 is 0. The number of piperazine rings is 1. The largest absolute Gasteiger partial charge is 0.474 e. The Morgan fingerprint density at radius 3 is 1.39 bits per heavy atom. The second-order valence-electron chi connectivity index (χ2n) is 6.24. The van der Waals surface area contributed by atoms with Crippen LogP contribution in [0.3, 0.4) is 0 Å². The Kier molecular flexibility index (Phi) is 9.40. The number of carbonyl (C=O) groups excluding carboxylic acids is 4. The van der Waals surface area contributed by atoms with Gasteiger partial charge in [0.15, 0.2) is 0 Å². The molecule has 12 nitrogen and oxygen atoms in total. The van der Waals surface area contributed by atoms with E-state index in [0.29, 0.717) is 38.5 Å². The maximum Gasteiger partial charge on any atom is 0.394 e. The maximum absolute atomic E-state index is 12.1.